The van der Waals surface area contributed by atoms with Crippen molar-refractivity contribution in [3.05, 3.63) is 27.1 Å². The first-order chi connectivity index (χ1) is 5.66. The van der Waals surface area contributed by atoms with E-state index in [1.54, 1.807) is 6.07 Å². The van der Waals surface area contributed by atoms with Crippen molar-refractivity contribution in [2.45, 2.75) is 11.8 Å². The summed E-state index contributed by atoms with van der Waals surface area (Å²) in [7, 11) is 0. The Balaban J connectivity index is 3.18. The summed E-state index contributed by atoms with van der Waals surface area (Å²) in [5.74, 6) is 0. The lowest BCUT2D eigenvalue weighted by Gasteiger charge is -2.06. The quantitative estimate of drug-likeness (QED) is 0.589. The second-order valence-electron chi connectivity index (χ2n) is 2.09. The Bertz CT molecular complexity index is 280. The zero-order valence-corrected chi connectivity index (χ0v) is 9.64. The van der Waals surface area contributed by atoms with Gasteiger partial charge in [0.05, 0.1) is 0 Å². The number of hydrogen-bond donors (Lipinski definition) is 0. The number of aromatic nitrogens is 1. The van der Waals surface area contributed by atoms with Crippen molar-refractivity contribution in [1.29, 1.82) is 0 Å². The molecule has 1 aromatic heterocycles. The van der Waals surface area contributed by atoms with Gasteiger partial charge in [-0.15, -0.1) is 0 Å². The molecule has 0 saturated heterocycles. The maximum atomic E-state index is 12.3. The van der Waals surface area contributed by atoms with Gasteiger partial charge in [-0.3, -0.25) is 4.98 Å². The van der Waals surface area contributed by atoms with Gasteiger partial charge in [0.25, 0.3) is 6.43 Å². The van der Waals surface area contributed by atoms with Gasteiger partial charge in [-0.1, -0.05) is 15.9 Å². The highest BCUT2D eigenvalue weighted by molar-refractivity contribution is 14.1. The number of nitrogens with zero attached hydrogens (tertiary/aromatic N) is 1. The molecule has 0 unspecified atom stereocenters. The van der Waals surface area contributed by atoms with Crippen LogP contribution in [0.3, 0.4) is 0 Å². The third-order valence-corrected chi connectivity index (χ3v) is 2.94. The summed E-state index contributed by atoms with van der Waals surface area (Å²) in [6.07, 6.45) is -1.10. The van der Waals surface area contributed by atoms with E-state index in [4.69, 9.17) is 0 Å². The van der Waals surface area contributed by atoms with Crippen molar-refractivity contribution in [1.82, 2.24) is 4.98 Å². The Hall–Kier alpha value is 0.220. The summed E-state index contributed by atoms with van der Waals surface area (Å²) in [4.78, 5) is 3.63. The monoisotopic (exact) mass is 347 g/mol. The molecule has 5 heteroatoms. The van der Waals surface area contributed by atoms with Gasteiger partial charge in [-0.25, -0.2) is 8.78 Å². The van der Waals surface area contributed by atoms with E-state index >= 15 is 0 Å². The molecule has 12 heavy (non-hydrogen) atoms. The average Bonchev–Trinajstić information content (AvgIpc) is 2.03. The van der Waals surface area contributed by atoms with Crippen molar-refractivity contribution in [3.63, 3.8) is 0 Å². The largest absolute Gasteiger partial charge is 0.280 e. The van der Waals surface area contributed by atoms with Crippen molar-refractivity contribution >= 4 is 38.5 Å². The highest BCUT2D eigenvalue weighted by atomic mass is 127. The number of pyridine rings is 1. The van der Waals surface area contributed by atoms with Gasteiger partial charge in [0.1, 0.15) is 5.69 Å². The molecule has 0 amide bonds. The van der Waals surface area contributed by atoms with Crippen LogP contribution in [-0.4, -0.2) is 4.98 Å². The van der Waals surface area contributed by atoms with Crippen LogP contribution in [0.2, 0.25) is 0 Å². The molecule has 0 spiro atoms. The Morgan fingerprint density at radius 1 is 1.58 bits per heavy atom. The van der Waals surface area contributed by atoms with Crippen LogP contribution in [0.1, 0.15) is 17.7 Å². The first-order valence-electron chi connectivity index (χ1n) is 3.14. The molecule has 1 nitrogen and oxygen atoms in total. The highest BCUT2D eigenvalue weighted by Gasteiger charge is 2.15. The third kappa shape index (κ3) is 2.12. The summed E-state index contributed by atoms with van der Waals surface area (Å²) >= 11 is 5.17. The van der Waals surface area contributed by atoms with Gasteiger partial charge in [0.2, 0.25) is 0 Å². The number of alkyl halides is 3. The predicted octanol–water partition coefficient (Wildman–Crippen LogP) is 3.52. The Kier molecular flexibility index (Phi) is 3.82. The zero-order chi connectivity index (χ0) is 9.14. The van der Waals surface area contributed by atoms with E-state index < -0.39 is 6.43 Å². The summed E-state index contributed by atoms with van der Waals surface area (Å²) in [5, 5.41) is 0.415. The Morgan fingerprint density at radius 3 is 2.67 bits per heavy atom. The zero-order valence-electron chi connectivity index (χ0n) is 5.90. The molecule has 1 aromatic rings. The highest BCUT2D eigenvalue weighted by Crippen LogP contribution is 2.25. The van der Waals surface area contributed by atoms with Crippen LogP contribution in [0.25, 0.3) is 0 Å². The second-order valence-corrected chi connectivity index (χ2v) is 3.81. The predicted molar refractivity (Wildman–Crippen MR) is 54.5 cm³/mol. The minimum absolute atomic E-state index is 0.126. The van der Waals surface area contributed by atoms with Gasteiger partial charge in [0.15, 0.2) is 0 Å². The molecule has 0 fully saturated rings. The standard InChI is InChI=1S/C7H5BrF2IN/c8-3-4-5(11)1-2-12-6(4)7(9)10/h1-2,7H,3H2. The number of halogens is 4. The summed E-state index contributed by atoms with van der Waals surface area (Å²) in [6.45, 7) is 0. The van der Waals surface area contributed by atoms with Crippen LogP contribution in [0.15, 0.2) is 12.3 Å². The maximum absolute atomic E-state index is 12.3. The van der Waals surface area contributed by atoms with Gasteiger partial charge in [-0.05, 0) is 28.7 Å². The minimum Gasteiger partial charge on any atom is -0.255 e. The van der Waals surface area contributed by atoms with Crippen LogP contribution in [0.4, 0.5) is 8.78 Å². The summed E-state index contributed by atoms with van der Waals surface area (Å²) in [5.41, 5.74) is 0.451. The van der Waals surface area contributed by atoms with E-state index in [9.17, 15) is 8.78 Å². The molecule has 0 saturated carbocycles. The topological polar surface area (TPSA) is 12.9 Å². The van der Waals surface area contributed by atoms with E-state index in [0.717, 1.165) is 3.57 Å². The first-order valence-corrected chi connectivity index (χ1v) is 5.34. The lowest BCUT2D eigenvalue weighted by molar-refractivity contribution is 0.145. The molecule has 66 valence electrons. The first kappa shape index (κ1) is 10.3. The fourth-order valence-electron chi connectivity index (χ4n) is 0.804. The fraction of sp³-hybridized carbons (Fsp3) is 0.286. The van der Waals surface area contributed by atoms with E-state index in [0.29, 0.717) is 10.9 Å². The van der Waals surface area contributed by atoms with Crippen LogP contribution in [0, 0.1) is 3.57 Å². The molecule has 0 aromatic carbocycles. The van der Waals surface area contributed by atoms with Gasteiger partial charge in [-0.2, -0.15) is 0 Å². The number of rotatable bonds is 2. The molecule has 1 heterocycles. The Labute approximate surface area is 90.8 Å². The molecular formula is C7H5BrF2IN. The van der Waals surface area contributed by atoms with E-state index in [-0.39, 0.29) is 5.69 Å². The summed E-state index contributed by atoms with van der Waals surface area (Å²) in [6, 6.07) is 1.71. The van der Waals surface area contributed by atoms with Crippen molar-refractivity contribution in [3.8, 4) is 0 Å². The lowest BCUT2D eigenvalue weighted by atomic mass is 10.2. The third-order valence-electron chi connectivity index (χ3n) is 1.37. The van der Waals surface area contributed by atoms with Crippen molar-refractivity contribution < 1.29 is 8.78 Å². The molecule has 0 aliphatic carbocycles. The van der Waals surface area contributed by atoms with Crippen molar-refractivity contribution in [2.75, 3.05) is 0 Å². The van der Waals surface area contributed by atoms with Gasteiger partial charge >= 0.3 is 0 Å². The lowest BCUT2D eigenvalue weighted by Crippen LogP contribution is -1.98. The normalized spacial score (nSPS) is 10.8. The van der Waals surface area contributed by atoms with E-state index in [1.807, 2.05) is 22.6 Å². The molecule has 0 radical (unpaired) electrons. The van der Waals surface area contributed by atoms with E-state index in [2.05, 4.69) is 20.9 Å². The second kappa shape index (κ2) is 4.45. The van der Waals surface area contributed by atoms with Crippen LogP contribution in [0.5, 0.6) is 0 Å². The molecule has 0 atom stereocenters. The SMILES string of the molecule is FC(F)c1nccc(I)c1CBr. The molecule has 0 N–H and O–H groups in total. The molecule has 0 aliphatic rings. The number of hydrogen-bond acceptors (Lipinski definition) is 1. The van der Waals surface area contributed by atoms with E-state index in [1.165, 1.54) is 6.20 Å². The molecule has 0 aliphatic heterocycles. The smallest absolute Gasteiger partial charge is 0.255 e. The van der Waals surface area contributed by atoms with Crippen LogP contribution < -0.4 is 0 Å². The Morgan fingerprint density at radius 2 is 2.25 bits per heavy atom. The summed E-state index contributed by atoms with van der Waals surface area (Å²) < 4.78 is 25.4. The molecular weight excluding hydrogens is 343 g/mol. The van der Waals surface area contributed by atoms with Crippen molar-refractivity contribution in [2.24, 2.45) is 0 Å². The van der Waals surface area contributed by atoms with Gasteiger partial charge < -0.3 is 0 Å². The molecule has 0 bridgehead atoms. The average molecular weight is 348 g/mol. The maximum Gasteiger partial charge on any atom is 0.280 e. The van der Waals surface area contributed by atoms with Crippen LogP contribution >= 0.6 is 38.5 Å². The molecule has 1 rings (SSSR count). The van der Waals surface area contributed by atoms with Crippen LogP contribution in [-0.2, 0) is 5.33 Å². The fourth-order valence-corrected chi connectivity index (χ4v) is 2.55. The van der Waals surface area contributed by atoms with Gasteiger partial charge in [0, 0.05) is 20.7 Å². The minimum atomic E-state index is -2.49.